The molecule has 0 bridgehead atoms. The van der Waals surface area contributed by atoms with Gasteiger partial charge in [0.15, 0.2) is 0 Å². The van der Waals surface area contributed by atoms with Gasteiger partial charge < -0.3 is 30.1 Å². The summed E-state index contributed by atoms with van der Waals surface area (Å²) >= 11 is 0. The van der Waals surface area contributed by atoms with Crippen molar-refractivity contribution >= 4 is 18.3 Å². The third kappa shape index (κ3) is 13.9. The van der Waals surface area contributed by atoms with E-state index in [9.17, 15) is 19.5 Å². The summed E-state index contributed by atoms with van der Waals surface area (Å²) in [6, 6.07) is 0. The van der Waals surface area contributed by atoms with Crippen LogP contribution in [0.2, 0.25) is 0 Å². The molecule has 0 saturated heterocycles. The SMILES string of the molecule is CC(C)(CCN(CCC(C)(C)NC(=O)OC(C)(C)C)C(=O)O)NC(=O)OC(C)(C)C. The fourth-order valence-electron chi connectivity index (χ4n) is 2.42. The van der Waals surface area contributed by atoms with Crippen LogP contribution in [0.25, 0.3) is 0 Å². The molecule has 0 aliphatic heterocycles. The van der Waals surface area contributed by atoms with Crippen molar-refractivity contribution in [3.63, 3.8) is 0 Å². The van der Waals surface area contributed by atoms with Gasteiger partial charge in [0.2, 0.25) is 0 Å². The zero-order valence-corrected chi connectivity index (χ0v) is 20.3. The number of rotatable bonds is 8. The average Bonchev–Trinajstić information content (AvgIpc) is 2.40. The Labute approximate surface area is 180 Å². The van der Waals surface area contributed by atoms with E-state index in [4.69, 9.17) is 9.47 Å². The predicted octanol–water partition coefficient (Wildman–Crippen LogP) is 4.35. The van der Waals surface area contributed by atoms with Crippen LogP contribution in [-0.2, 0) is 9.47 Å². The largest absolute Gasteiger partial charge is 0.465 e. The van der Waals surface area contributed by atoms with Crippen LogP contribution in [0.1, 0.15) is 82.1 Å². The molecule has 0 aliphatic carbocycles. The number of hydrogen-bond donors (Lipinski definition) is 3. The second-order valence-corrected chi connectivity index (χ2v) is 10.8. The first kappa shape index (κ1) is 27.8. The minimum atomic E-state index is -1.06. The van der Waals surface area contributed by atoms with Crippen molar-refractivity contribution < 1.29 is 29.0 Å². The average molecular weight is 432 g/mol. The van der Waals surface area contributed by atoms with Crippen LogP contribution in [-0.4, -0.2) is 63.7 Å². The van der Waals surface area contributed by atoms with Crippen LogP contribution in [0.4, 0.5) is 14.4 Å². The highest BCUT2D eigenvalue weighted by Gasteiger charge is 2.28. The monoisotopic (exact) mass is 431 g/mol. The Morgan fingerprint density at radius 1 is 0.700 bits per heavy atom. The molecule has 30 heavy (non-hydrogen) atoms. The molecule has 3 amide bonds. The van der Waals surface area contributed by atoms with E-state index in [1.54, 1.807) is 41.5 Å². The first-order valence-corrected chi connectivity index (χ1v) is 10.2. The molecule has 0 fully saturated rings. The van der Waals surface area contributed by atoms with Gasteiger partial charge in [0.1, 0.15) is 11.2 Å². The maximum atomic E-state index is 12.0. The van der Waals surface area contributed by atoms with Gasteiger partial charge in [-0.3, -0.25) is 0 Å². The highest BCUT2D eigenvalue weighted by Crippen LogP contribution is 2.16. The van der Waals surface area contributed by atoms with Gasteiger partial charge in [-0.1, -0.05) is 0 Å². The lowest BCUT2D eigenvalue weighted by Gasteiger charge is -2.32. The molecule has 0 unspecified atom stereocenters. The summed E-state index contributed by atoms with van der Waals surface area (Å²) in [5.41, 5.74) is -2.53. The third-order valence-electron chi connectivity index (χ3n) is 3.96. The Balaban J connectivity index is 4.75. The van der Waals surface area contributed by atoms with Gasteiger partial charge in [-0.25, -0.2) is 14.4 Å². The van der Waals surface area contributed by atoms with Gasteiger partial charge in [0.05, 0.1) is 0 Å². The van der Waals surface area contributed by atoms with Crippen LogP contribution in [0.5, 0.6) is 0 Å². The minimum absolute atomic E-state index is 0.223. The highest BCUT2D eigenvalue weighted by atomic mass is 16.6. The lowest BCUT2D eigenvalue weighted by atomic mass is 9.99. The molecule has 9 heteroatoms. The van der Waals surface area contributed by atoms with E-state index in [1.165, 1.54) is 4.90 Å². The van der Waals surface area contributed by atoms with Gasteiger partial charge in [-0.15, -0.1) is 0 Å². The maximum absolute atomic E-state index is 12.0. The molecule has 3 N–H and O–H groups in total. The lowest BCUT2D eigenvalue weighted by Crippen LogP contribution is -2.50. The fourth-order valence-corrected chi connectivity index (χ4v) is 2.42. The first-order valence-electron chi connectivity index (χ1n) is 10.2. The van der Waals surface area contributed by atoms with Crippen LogP contribution >= 0.6 is 0 Å². The number of hydrogen-bond acceptors (Lipinski definition) is 5. The van der Waals surface area contributed by atoms with Crippen molar-refractivity contribution in [3.8, 4) is 0 Å². The Morgan fingerprint density at radius 3 is 1.23 bits per heavy atom. The van der Waals surface area contributed by atoms with Crippen LogP contribution in [0.15, 0.2) is 0 Å². The topological polar surface area (TPSA) is 117 Å². The Kier molecular flexibility index (Phi) is 9.47. The number of alkyl carbamates (subject to hydrolysis) is 2. The van der Waals surface area contributed by atoms with Crippen LogP contribution in [0, 0.1) is 0 Å². The summed E-state index contributed by atoms with van der Waals surface area (Å²) < 4.78 is 10.5. The fraction of sp³-hybridized carbons (Fsp3) is 0.857. The van der Waals surface area contributed by atoms with Crippen molar-refractivity contribution in [2.45, 2.75) is 104 Å². The Bertz CT molecular complexity index is 557. The molecule has 0 spiro atoms. The van der Waals surface area contributed by atoms with Crippen LogP contribution in [0.3, 0.4) is 0 Å². The molecular weight excluding hydrogens is 390 g/mol. The Morgan fingerprint density at radius 2 is 1.00 bits per heavy atom. The van der Waals surface area contributed by atoms with Crippen molar-refractivity contribution in [1.29, 1.82) is 0 Å². The molecule has 0 saturated carbocycles. The number of nitrogens with zero attached hydrogens (tertiary/aromatic N) is 1. The molecule has 9 nitrogen and oxygen atoms in total. The molecular formula is C21H41N3O6. The summed E-state index contributed by atoms with van der Waals surface area (Å²) in [5, 5.41) is 15.1. The minimum Gasteiger partial charge on any atom is -0.465 e. The number of carbonyl (C=O) groups is 3. The summed E-state index contributed by atoms with van der Waals surface area (Å²) in [6.45, 7) is 18.3. The first-order chi connectivity index (χ1) is 13.2. The van der Waals surface area contributed by atoms with E-state index >= 15 is 0 Å². The van der Waals surface area contributed by atoms with Gasteiger partial charge >= 0.3 is 18.3 Å². The molecule has 176 valence electrons. The van der Waals surface area contributed by atoms with Crippen LogP contribution < -0.4 is 10.6 Å². The van der Waals surface area contributed by atoms with E-state index in [0.29, 0.717) is 12.8 Å². The molecule has 0 aromatic heterocycles. The van der Waals surface area contributed by atoms with Gasteiger partial charge in [-0.2, -0.15) is 0 Å². The standard InChI is InChI=1S/C21H41N3O6/c1-18(2,3)29-15(25)22-20(7,8)11-13-24(17(27)28)14-12-21(9,10)23-16(26)30-19(4,5)6/h11-14H2,1-10H3,(H,22,25)(H,23,26)(H,27,28). The number of ether oxygens (including phenoxy) is 2. The van der Waals surface area contributed by atoms with E-state index in [-0.39, 0.29) is 13.1 Å². The van der Waals surface area contributed by atoms with E-state index in [2.05, 4.69) is 10.6 Å². The number of carbonyl (C=O) groups excluding carboxylic acids is 2. The molecule has 0 atom stereocenters. The highest BCUT2D eigenvalue weighted by molar-refractivity contribution is 5.69. The normalized spacial score (nSPS) is 12.7. The molecule has 0 aromatic rings. The second kappa shape index (κ2) is 10.2. The number of nitrogens with one attached hydrogen (secondary N) is 2. The zero-order chi connectivity index (χ0) is 24.0. The summed E-state index contributed by atoms with van der Waals surface area (Å²) in [5.74, 6) is 0. The molecule has 0 aromatic carbocycles. The predicted molar refractivity (Wildman–Crippen MR) is 116 cm³/mol. The lowest BCUT2D eigenvalue weighted by molar-refractivity contribution is 0.0458. The van der Waals surface area contributed by atoms with Crippen molar-refractivity contribution in [3.05, 3.63) is 0 Å². The van der Waals surface area contributed by atoms with E-state index in [1.807, 2.05) is 27.7 Å². The Hall–Kier alpha value is -2.19. The zero-order valence-electron chi connectivity index (χ0n) is 20.3. The van der Waals surface area contributed by atoms with Crippen molar-refractivity contribution in [2.24, 2.45) is 0 Å². The molecule has 0 rings (SSSR count). The van der Waals surface area contributed by atoms with E-state index < -0.39 is 40.6 Å². The third-order valence-corrected chi connectivity index (χ3v) is 3.96. The maximum Gasteiger partial charge on any atom is 0.408 e. The number of amides is 3. The molecule has 0 aliphatic rings. The molecule has 0 heterocycles. The van der Waals surface area contributed by atoms with E-state index in [0.717, 1.165) is 0 Å². The van der Waals surface area contributed by atoms with Crippen molar-refractivity contribution in [2.75, 3.05) is 13.1 Å². The summed E-state index contributed by atoms with van der Waals surface area (Å²) in [4.78, 5) is 36.9. The quantitative estimate of drug-likeness (QED) is 0.526. The summed E-state index contributed by atoms with van der Waals surface area (Å²) in [6.07, 6.45) is -1.35. The van der Waals surface area contributed by atoms with Gasteiger partial charge in [0, 0.05) is 24.2 Å². The smallest absolute Gasteiger partial charge is 0.408 e. The number of carboxylic acid groups (broad SMARTS) is 1. The van der Waals surface area contributed by atoms with Crippen molar-refractivity contribution in [1.82, 2.24) is 15.5 Å². The summed E-state index contributed by atoms with van der Waals surface area (Å²) in [7, 11) is 0. The molecule has 0 radical (unpaired) electrons. The van der Waals surface area contributed by atoms with Gasteiger partial charge in [0.25, 0.3) is 0 Å². The second-order valence-electron chi connectivity index (χ2n) is 10.8. The van der Waals surface area contributed by atoms with Gasteiger partial charge in [-0.05, 0) is 82.1 Å².